The van der Waals surface area contributed by atoms with E-state index < -0.39 is 0 Å². The van der Waals surface area contributed by atoms with Crippen molar-refractivity contribution in [2.24, 2.45) is 0 Å². The number of benzene rings is 1. The van der Waals surface area contributed by atoms with Gasteiger partial charge in [-0.2, -0.15) is 0 Å². The summed E-state index contributed by atoms with van der Waals surface area (Å²) in [6.07, 6.45) is 2.36. The minimum Gasteiger partial charge on any atom is -0.308 e. The molecule has 1 heterocycles. The summed E-state index contributed by atoms with van der Waals surface area (Å²) in [5, 5.41) is 3.78. The molecule has 1 aliphatic rings. The van der Waals surface area contributed by atoms with Crippen molar-refractivity contribution in [3.63, 3.8) is 0 Å². The van der Waals surface area contributed by atoms with E-state index in [0.717, 1.165) is 19.6 Å². The largest absolute Gasteiger partial charge is 0.308 e. The summed E-state index contributed by atoms with van der Waals surface area (Å²) in [6.45, 7) is 14.8. The van der Waals surface area contributed by atoms with Crippen molar-refractivity contribution in [3.8, 4) is 0 Å². The van der Waals surface area contributed by atoms with E-state index >= 15 is 0 Å². The zero-order valence-corrected chi connectivity index (χ0v) is 13.8. The number of piperazine rings is 1. The van der Waals surface area contributed by atoms with Crippen molar-refractivity contribution in [1.82, 2.24) is 10.2 Å². The zero-order valence-electron chi connectivity index (χ0n) is 13.8. The van der Waals surface area contributed by atoms with Crippen LogP contribution in [0.25, 0.3) is 0 Å². The average Bonchev–Trinajstić information content (AvgIpc) is 2.46. The van der Waals surface area contributed by atoms with Gasteiger partial charge in [0.2, 0.25) is 0 Å². The van der Waals surface area contributed by atoms with Crippen LogP contribution in [0, 0.1) is 6.92 Å². The molecule has 112 valence electrons. The quantitative estimate of drug-likeness (QED) is 0.900. The summed E-state index contributed by atoms with van der Waals surface area (Å²) in [5.74, 6) is 0. The van der Waals surface area contributed by atoms with Gasteiger partial charge in [-0.25, -0.2) is 0 Å². The maximum Gasteiger partial charge on any atom is 0.0307 e. The van der Waals surface area contributed by atoms with Crippen LogP contribution in [-0.2, 0) is 6.54 Å². The SMILES string of the molecule is CCC1(C)CN(Cc2ccccc2C)C(C)(CC)CN1. The van der Waals surface area contributed by atoms with Crippen molar-refractivity contribution >= 4 is 0 Å². The molecule has 0 spiro atoms. The molecule has 0 bridgehead atoms. The number of hydrogen-bond acceptors (Lipinski definition) is 2. The normalized spacial score (nSPS) is 31.4. The van der Waals surface area contributed by atoms with Crippen LogP contribution < -0.4 is 5.32 Å². The molecule has 20 heavy (non-hydrogen) atoms. The highest BCUT2D eigenvalue weighted by Crippen LogP contribution is 2.30. The highest BCUT2D eigenvalue weighted by atomic mass is 15.3. The third-order valence-corrected chi connectivity index (χ3v) is 5.36. The van der Waals surface area contributed by atoms with E-state index in [2.05, 4.69) is 69.1 Å². The Kier molecular flexibility index (Phi) is 4.55. The fourth-order valence-electron chi connectivity index (χ4n) is 3.01. The predicted octanol–water partition coefficient (Wildman–Crippen LogP) is 3.74. The Labute approximate surface area is 124 Å². The van der Waals surface area contributed by atoms with Crippen molar-refractivity contribution in [2.75, 3.05) is 13.1 Å². The predicted molar refractivity (Wildman–Crippen MR) is 87.0 cm³/mol. The Bertz CT molecular complexity index is 456. The number of hydrogen-bond donors (Lipinski definition) is 1. The highest BCUT2D eigenvalue weighted by molar-refractivity contribution is 5.26. The Hall–Kier alpha value is -0.860. The lowest BCUT2D eigenvalue weighted by Gasteiger charge is -2.52. The molecule has 2 nitrogen and oxygen atoms in total. The summed E-state index contributed by atoms with van der Waals surface area (Å²) in [4.78, 5) is 2.69. The molecule has 2 heteroatoms. The molecule has 0 saturated carbocycles. The van der Waals surface area contributed by atoms with Gasteiger partial charge in [-0.3, -0.25) is 4.90 Å². The second-order valence-corrected chi connectivity index (χ2v) is 6.90. The minimum absolute atomic E-state index is 0.247. The van der Waals surface area contributed by atoms with Crippen molar-refractivity contribution in [2.45, 2.75) is 65.1 Å². The molecule has 0 aliphatic carbocycles. The molecular weight excluding hydrogens is 244 g/mol. The van der Waals surface area contributed by atoms with Gasteiger partial charge in [0.15, 0.2) is 0 Å². The van der Waals surface area contributed by atoms with Gasteiger partial charge in [-0.15, -0.1) is 0 Å². The van der Waals surface area contributed by atoms with E-state index in [0.29, 0.717) is 0 Å². The van der Waals surface area contributed by atoms with Gasteiger partial charge in [0, 0.05) is 30.7 Å². The van der Waals surface area contributed by atoms with E-state index in [-0.39, 0.29) is 11.1 Å². The lowest BCUT2D eigenvalue weighted by Crippen LogP contribution is -2.67. The summed E-state index contributed by atoms with van der Waals surface area (Å²) >= 11 is 0. The van der Waals surface area contributed by atoms with E-state index in [1.165, 1.54) is 24.0 Å². The first-order valence-electron chi connectivity index (χ1n) is 7.97. The maximum absolute atomic E-state index is 3.78. The van der Waals surface area contributed by atoms with Gasteiger partial charge >= 0.3 is 0 Å². The summed E-state index contributed by atoms with van der Waals surface area (Å²) < 4.78 is 0. The van der Waals surface area contributed by atoms with E-state index in [4.69, 9.17) is 0 Å². The third-order valence-electron chi connectivity index (χ3n) is 5.36. The topological polar surface area (TPSA) is 15.3 Å². The minimum atomic E-state index is 0.247. The van der Waals surface area contributed by atoms with Crippen LogP contribution in [0.5, 0.6) is 0 Å². The van der Waals surface area contributed by atoms with Crippen LogP contribution in [0.1, 0.15) is 51.7 Å². The Morgan fingerprint density at radius 2 is 1.85 bits per heavy atom. The molecule has 1 aromatic rings. The lowest BCUT2D eigenvalue weighted by atomic mass is 9.85. The second-order valence-electron chi connectivity index (χ2n) is 6.90. The molecule has 2 atom stereocenters. The van der Waals surface area contributed by atoms with Crippen LogP contribution >= 0.6 is 0 Å². The molecule has 1 fully saturated rings. The molecule has 1 aromatic carbocycles. The molecule has 0 amide bonds. The van der Waals surface area contributed by atoms with E-state index in [9.17, 15) is 0 Å². The van der Waals surface area contributed by atoms with E-state index in [1.807, 2.05) is 0 Å². The Balaban J connectivity index is 2.22. The molecular formula is C18H30N2. The van der Waals surface area contributed by atoms with Gasteiger partial charge in [-0.05, 0) is 44.7 Å². The zero-order chi connectivity index (χ0) is 14.8. The number of rotatable bonds is 4. The Morgan fingerprint density at radius 3 is 2.45 bits per heavy atom. The Morgan fingerprint density at radius 1 is 1.15 bits per heavy atom. The van der Waals surface area contributed by atoms with Crippen molar-refractivity contribution < 1.29 is 0 Å². The first-order valence-corrected chi connectivity index (χ1v) is 7.97. The average molecular weight is 274 g/mol. The van der Waals surface area contributed by atoms with Gasteiger partial charge in [0.05, 0.1) is 0 Å². The van der Waals surface area contributed by atoms with Gasteiger partial charge in [-0.1, -0.05) is 38.1 Å². The molecule has 1 N–H and O–H groups in total. The van der Waals surface area contributed by atoms with Gasteiger partial charge < -0.3 is 5.32 Å². The van der Waals surface area contributed by atoms with Gasteiger partial charge in [0.25, 0.3) is 0 Å². The first-order chi connectivity index (χ1) is 9.42. The molecule has 1 aliphatic heterocycles. The lowest BCUT2D eigenvalue weighted by molar-refractivity contribution is 0.0103. The molecule has 0 aromatic heterocycles. The van der Waals surface area contributed by atoms with Gasteiger partial charge in [0.1, 0.15) is 0 Å². The molecule has 0 radical (unpaired) electrons. The highest BCUT2D eigenvalue weighted by Gasteiger charge is 2.40. The van der Waals surface area contributed by atoms with Crippen LogP contribution in [0.2, 0.25) is 0 Å². The molecule has 2 rings (SSSR count). The fraction of sp³-hybridized carbons (Fsp3) is 0.667. The van der Waals surface area contributed by atoms with E-state index in [1.54, 1.807) is 0 Å². The molecule has 1 saturated heterocycles. The number of nitrogens with one attached hydrogen (secondary N) is 1. The summed E-state index contributed by atoms with van der Waals surface area (Å²) in [5.41, 5.74) is 3.38. The standard InChI is InChI=1S/C18H30N2/c1-6-17(4)14-20(18(5,7-2)13-19-17)12-16-11-9-8-10-15(16)3/h8-11,19H,6-7,12-14H2,1-5H3. The number of nitrogens with zero attached hydrogens (tertiary/aromatic N) is 1. The number of aryl methyl sites for hydroxylation is 1. The monoisotopic (exact) mass is 274 g/mol. The smallest absolute Gasteiger partial charge is 0.0307 e. The van der Waals surface area contributed by atoms with Crippen molar-refractivity contribution in [3.05, 3.63) is 35.4 Å². The van der Waals surface area contributed by atoms with Crippen LogP contribution in [0.3, 0.4) is 0 Å². The maximum atomic E-state index is 3.78. The first kappa shape index (κ1) is 15.5. The third kappa shape index (κ3) is 3.07. The van der Waals surface area contributed by atoms with Crippen LogP contribution in [-0.4, -0.2) is 29.1 Å². The fourth-order valence-corrected chi connectivity index (χ4v) is 3.01. The van der Waals surface area contributed by atoms with Crippen LogP contribution in [0.4, 0.5) is 0 Å². The second kappa shape index (κ2) is 5.87. The van der Waals surface area contributed by atoms with Crippen LogP contribution in [0.15, 0.2) is 24.3 Å². The summed E-state index contributed by atoms with van der Waals surface area (Å²) in [7, 11) is 0. The summed E-state index contributed by atoms with van der Waals surface area (Å²) in [6, 6.07) is 8.79. The molecule has 2 unspecified atom stereocenters. The van der Waals surface area contributed by atoms with Crippen molar-refractivity contribution in [1.29, 1.82) is 0 Å².